The van der Waals surface area contributed by atoms with Crippen molar-refractivity contribution in [3.8, 4) is 5.75 Å². The monoisotopic (exact) mass is 427 g/mol. The molecule has 1 fully saturated rings. The minimum atomic E-state index is -4.86. The number of carbonyl (C=O) groups is 2. The van der Waals surface area contributed by atoms with Crippen molar-refractivity contribution in [1.82, 2.24) is 15.3 Å². The molecule has 0 saturated heterocycles. The molecule has 0 radical (unpaired) electrons. The zero-order valence-electron chi connectivity index (χ0n) is 15.3. The summed E-state index contributed by atoms with van der Waals surface area (Å²) in [6.45, 7) is 1.58. The second-order valence-corrected chi connectivity index (χ2v) is 7.18. The van der Waals surface area contributed by atoms with Gasteiger partial charge in [0.1, 0.15) is 23.1 Å². The maximum Gasteiger partial charge on any atom is 0.573 e. The van der Waals surface area contributed by atoms with Gasteiger partial charge in [0.15, 0.2) is 0 Å². The van der Waals surface area contributed by atoms with Gasteiger partial charge in [-0.2, -0.15) is 0 Å². The van der Waals surface area contributed by atoms with Gasteiger partial charge in [0.05, 0.1) is 12.5 Å². The lowest BCUT2D eigenvalue weighted by atomic mass is 10.1. The van der Waals surface area contributed by atoms with E-state index in [1.807, 2.05) is 0 Å². The molecule has 29 heavy (non-hydrogen) atoms. The Labute approximate surface area is 169 Å². The number of alkyl halides is 3. The Balaban J connectivity index is 1.69. The summed E-state index contributed by atoms with van der Waals surface area (Å²) < 4.78 is 41.2. The molecule has 2 aromatic rings. The van der Waals surface area contributed by atoms with Crippen LogP contribution >= 0.6 is 11.6 Å². The third kappa shape index (κ3) is 6.15. The molecule has 1 atom stereocenters. The minimum Gasteiger partial charge on any atom is -0.406 e. The molecular formula is C19H17ClF3N3O3. The van der Waals surface area contributed by atoms with Crippen molar-refractivity contribution in [3.63, 3.8) is 0 Å². The van der Waals surface area contributed by atoms with Crippen molar-refractivity contribution < 1.29 is 27.5 Å². The number of Topliss-reactive ketones (excluding diaryl/α,β-unsaturated/α-hetero) is 1. The highest BCUT2D eigenvalue weighted by molar-refractivity contribution is 6.30. The third-order valence-electron chi connectivity index (χ3n) is 4.28. The molecule has 1 saturated carbocycles. The summed E-state index contributed by atoms with van der Waals surface area (Å²) in [6.07, 6.45) is -1.67. The molecule has 1 aliphatic rings. The highest BCUT2D eigenvalue weighted by Crippen LogP contribution is 2.31. The Hall–Kier alpha value is -2.68. The average molecular weight is 428 g/mol. The maximum absolute atomic E-state index is 12.5. The van der Waals surface area contributed by atoms with Crippen LogP contribution in [0.4, 0.5) is 13.2 Å². The topological polar surface area (TPSA) is 81.2 Å². The van der Waals surface area contributed by atoms with Gasteiger partial charge in [0, 0.05) is 17.1 Å². The molecule has 1 heterocycles. The van der Waals surface area contributed by atoms with E-state index in [2.05, 4.69) is 20.0 Å². The summed E-state index contributed by atoms with van der Waals surface area (Å²) in [5.41, 5.74) is 0.377. The Morgan fingerprint density at radius 3 is 2.69 bits per heavy atom. The summed E-state index contributed by atoms with van der Waals surface area (Å²) in [4.78, 5) is 32.5. The number of ketones is 1. The lowest BCUT2D eigenvalue weighted by molar-refractivity contribution is -0.274. The van der Waals surface area contributed by atoms with Crippen LogP contribution in [0, 0.1) is 5.92 Å². The number of rotatable bonds is 7. The number of nitrogens with one attached hydrogen (secondary N) is 1. The normalized spacial score (nSPS) is 14.9. The van der Waals surface area contributed by atoms with E-state index in [0.29, 0.717) is 5.56 Å². The predicted octanol–water partition coefficient (Wildman–Crippen LogP) is 4.04. The molecular weight excluding hydrogens is 411 g/mol. The van der Waals surface area contributed by atoms with Crippen LogP contribution in [0.5, 0.6) is 5.75 Å². The first-order chi connectivity index (χ1) is 13.6. The quantitative estimate of drug-likeness (QED) is 0.721. The molecule has 1 aromatic heterocycles. The Bertz CT molecular complexity index is 932. The highest BCUT2D eigenvalue weighted by atomic mass is 35.5. The average Bonchev–Trinajstić information content (AvgIpc) is 3.45. The number of carbonyl (C=O) groups excluding carboxylic acids is 2. The zero-order valence-corrected chi connectivity index (χ0v) is 16.0. The number of hydrogen-bond acceptors (Lipinski definition) is 5. The van der Waals surface area contributed by atoms with E-state index >= 15 is 0 Å². The van der Waals surface area contributed by atoms with Gasteiger partial charge in [-0.05, 0) is 49.6 Å². The van der Waals surface area contributed by atoms with Crippen LogP contribution in [0.25, 0.3) is 0 Å². The van der Waals surface area contributed by atoms with Crippen LogP contribution in [0.2, 0.25) is 5.02 Å². The van der Waals surface area contributed by atoms with E-state index in [9.17, 15) is 22.8 Å². The van der Waals surface area contributed by atoms with Crippen molar-refractivity contribution in [2.75, 3.05) is 0 Å². The fraction of sp³-hybridized carbons (Fsp3) is 0.368. The molecule has 154 valence electrons. The van der Waals surface area contributed by atoms with Crippen LogP contribution in [-0.2, 0) is 11.2 Å². The van der Waals surface area contributed by atoms with Gasteiger partial charge in [0.2, 0.25) is 0 Å². The summed E-state index contributed by atoms with van der Waals surface area (Å²) in [5, 5.41) is 2.67. The lowest BCUT2D eigenvalue weighted by Gasteiger charge is -2.17. The van der Waals surface area contributed by atoms with E-state index in [1.165, 1.54) is 18.3 Å². The first-order valence-corrected chi connectivity index (χ1v) is 9.20. The van der Waals surface area contributed by atoms with Crippen molar-refractivity contribution in [2.24, 2.45) is 5.92 Å². The first-order valence-electron chi connectivity index (χ1n) is 8.82. The maximum atomic E-state index is 12.5. The molecule has 1 amide bonds. The van der Waals surface area contributed by atoms with Crippen molar-refractivity contribution in [2.45, 2.75) is 38.6 Å². The smallest absolute Gasteiger partial charge is 0.406 e. The van der Waals surface area contributed by atoms with Crippen LogP contribution < -0.4 is 10.1 Å². The van der Waals surface area contributed by atoms with E-state index in [-0.39, 0.29) is 34.7 Å². The number of amides is 1. The first kappa shape index (κ1) is 21.0. The van der Waals surface area contributed by atoms with Crippen molar-refractivity contribution in [1.29, 1.82) is 0 Å². The summed E-state index contributed by atoms with van der Waals surface area (Å²) >= 11 is 5.86. The van der Waals surface area contributed by atoms with Crippen LogP contribution in [-0.4, -0.2) is 28.0 Å². The summed E-state index contributed by atoms with van der Waals surface area (Å²) in [7, 11) is 0. The molecule has 10 heteroatoms. The number of nitrogens with zero attached hydrogens (tertiary/aromatic N) is 2. The lowest BCUT2D eigenvalue weighted by Crippen LogP contribution is -2.28. The molecule has 3 rings (SSSR count). The van der Waals surface area contributed by atoms with E-state index in [1.54, 1.807) is 6.92 Å². The van der Waals surface area contributed by atoms with E-state index in [4.69, 9.17) is 11.6 Å². The van der Waals surface area contributed by atoms with Gasteiger partial charge in [-0.25, -0.2) is 9.97 Å². The largest absolute Gasteiger partial charge is 0.573 e. The van der Waals surface area contributed by atoms with Crippen molar-refractivity contribution in [3.05, 3.63) is 52.6 Å². The zero-order chi connectivity index (χ0) is 21.2. The summed E-state index contributed by atoms with van der Waals surface area (Å²) in [6, 6.07) is 4.31. The predicted molar refractivity (Wildman–Crippen MR) is 97.5 cm³/mol. The molecule has 1 unspecified atom stereocenters. The SMILES string of the molecule is CC(NC(=O)c1ccnc(CC(=O)C2CC2)n1)c1cc(Cl)cc(OC(F)(F)F)c1. The van der Waals surface area contributed by atoms with Crippen molar-refractivity contribution >= 4 is 23.3 Å². The molecule has 6 nitrogen and oxygen atoms in total. The number of hydrogen-bond donors (Lipinski definition) is 1. The van der Waals surface area contributed by atoms with Gasteiger partial charge in [-0.15, -0.1) is 13.2 Å². The molecule has 0 spiro atoms. The van der Waals surface area contributed by atoms with Crippen LogP contribution in [0.1, 0.15) is 47.7 Å². The number of halogens is 4. The van der Waals surface area contributed by atoms with Crippen LogP contribution in [0.15, 0.2) is 30.5 Å². The number of ether oxygens (including phenoxy) is 1. The van der Waals surface area contributed by atoms with E-state index in [0.717, 1.165) is 25.0 Å². The van der Waals surface area contributed by atoms with Gasteiger partial charge in [-0.3, -0.25) is 9.59 Å². The number of benzene rings is 1. The fourth-order valence-corrected chi connectivity index (χ4v) is 2.93. The number of aromatic nitrogens is 2. The van der Waals surface area contributed by atoms with Crippen LogP contribution in [0.3, 0.4) is 0 Å². The minimum absolute atomic E-state index is 0.0331. The fourth-order valence-electron chi connectivity index (χ4n) is 2.70. The highest BCUT2D eigenvalue weighted by Gasteiger charge is 2.32. The van der Waals surface area contributed by atoms with Gasteiger partial charge < -0.3 is 10.1 Å². The Morgan fingerprint density at radius 2 is 2.03 bits per heavy atom. The second kappa shape index (κ2) is 8.36. The Morgan fingerprint density at radius 1 is 1.31 bits per heavy atom. The van der Waals surface area contributed by atoms with Gasteiger partial charge >= 0.3 is 6.36 Å². The molecule has 1 aromatic carbocycles. The van der Waals surface area contributed by atoms with Gasteiger partial charge in [0.25, 0.3) is 5.91 Å². The van der Waals surface area contributed by atoms with E-state index < -0.39 is 24.1 Å². The Kier molecular flexibility index (Phi) is 6.07. The molecule has 1 aliphatic carbocycles. The van der Waals surface area contributed by atoms with Gasteiger partial charge in [-0.1, -0.05) is 11.6 Å². The molecule has 0 aliphatic heterocycles. The second-order valence-electron chi connectivity index (χ2n) is 6.74. The molecule has 1 N–H and O–H groups in total. The standard InChI is InChI=1S/C19H17ClF3N3O3/c1-10(12-6-13(20)8-14(7-12)29-19(21,22)23)25-18(28)15-4-5-24-17(26-15)9-16(27)11-2-3-11/h4-8,10-11H,2-3,9H2,1H3,(H,25,28). The summed E-state index contributed by atoms with van der Waals surface area (Å²) in [5.74, 6) is -0.674. The third-order valence-corrected chi connectivity index (χ3v) is 4.50. The molecule has 0 bridgehead atoms.